The number of hydrogen-bond donors (Lipinski definition) is 1. The van der Waals surface area contributed by atoms with Crippen LogP contribution >= 0.6 is 0 Å². The van der Waals surface area contributed by atoms with E-state index in [0.717, 1.165) is 25.7 Å². The van der Waals surface area contributed by atoms with Crippen LogP contribution in [0.4, 0.5) is 0 Å². The van der Waals surface area contributed by atoms with Crippen molar-refractivity contribution >= 4 is 0 Å². The largest absolute Gasteiger partial charge is 0.381 e. The van der Waals surface area contributed by atoms with E-state index in [1.807, 2.05) is 7.05 Å². The zero-order valence-corrected chi connectivity index (χ0v) is 8.52. The van der Waals surface area contributed by atoms with Crippen LogP contribution < -0.4 is 5.32 Å². The molecule has 0 aliphatic carbocycles. The summed E-state index contributed by atoms with van der Waals surface area (Å²) in [6.07, 6.45) is 2.48. The van der Waals surface area contributed by atoms with Gasteiger partial charge in [-0.1, -0.05) is 20.3 Å². The van der Waals surface area contributed by atoms with Crippen molar-refractivity contribution in [1.82, 2.24) is 5.32 Å². The Balaban J connectivity index is 2.57. The Morgan fingerprint density at radius 3 is 2.75 bits per heavy atom. The summed E-state index contributed by atoms with van der Waals surface area (Å²) in [6, 6.07) is 0. The minimum atomic E-state index is 0.420. The van der Waals surface area contributed by atoms with Gasteiger partial charge in [-0.2, -0.15) is 0 Å². The lowest BCUT2D eigenvalue weighted by atomic mass is 9.74. The summed E-state index contributed by atoms with van der Waals surface area (Å²) in [5, 5.41) is 3.29. The topological polar surface area (TPSA) is 21.3 Å². The molecule has 1 N–H and O–H groups in total. The molecule has 1 aliphatic rings. The Labute approximate surface area is 75.7 Å². The first-order valence-corrected chi connectivity index (χ1v) is 4.97. The van der Waals surface area contributed by atoms with Gasteiger partial charge in [-0.05, 0) is 19.4 Å². The number of ether oxygens (including phenoxy) is 1. The van der Waals surface area contributed by atoms with Gasteiger partial charge in [-0.15, -0.1) is 0 Å². The molecule has 72 valence electrons. The summed E-state index contributed by atoms with van der Waals surface area (Å²) in [5.74, 6) is 0.771. The van der Waals surface area contributed by atoms with Gasteiger partial charge in [0.25, 0.3) is 0 Å². The average Bonchev–Trinajstić information content (AvgIpc) is 2.53. The normalized spacial score (nSPS) is 32.2. The van der Waals surface area contributed by atoms with Crippen molar-refractivity contribution in [3.05, 3.63) is 0 Å². The monoisotopic (exact) mass is 171 g/mol. The fourth-order valence-corrected chi connectivity index (χ4v) is 2.11. The van der Waals surface area contributed by atoms with Gasteiger partial charge in [0.1, 0.15) is 0 Å². The molecule has 2 unspecified atom stereocenters. The first-order valence-electron chi connectivity index (χ1n) is 4.97. The van der Waals surface area contributed by atoms with Crippen molar-refractivity contribution in [2.45, 2.75) is 26.7 Å². The predicted octanol–water partition coefficient (Wildman–Crippen LogP) is 1.66. The second-order valence-electron chi connectivity index (χ2n) is 4.00. The highest BCUT2D eigenvalue weighted by Crippen LogP contribution is 2.37. The molecule has 2 heteroatoms. The van der Waals surface area contributed by atoms with Crippen LogP contribution in [0.2, 0.25) is 0 Å². The Morgan fingerprint density at radius 1 is 1.58 bits per heavy atom. The third kappa shape index (κ3) is 1.80. The van der Waals surface area contributed by atoms with Gasteiger partial charge >= 0.3 is 0 Å². The Kier molecular flexibility index (Phi) is 3.53. The van der Waals surface area contributed by atoms with Crippen molar-refractivity contribution in [3.63, 3.8) is 0 Å². The fourth-order valence-electron chi connectivity index (χ4n) is 2.11. The zero-order chi connectivity index (χ0) is 9.03. The fraction of sp³-hybridized carbons (Fsp3) is 1.00. The maximum atomic E-state index is 5.50. The van der Waals surface area contributed by atoms with Gasteiger partial charge in [0.05, 0.1) is 6.61 Å². The summed E-state index contributed by atoms with van der Waals surface area (Å²) >= 11 is 0. The molecule has 1 aliphatic heterocycles. The molecule has 0 aromatic rings. The number of hydrogen-bond acceptors (Lipinski definition) is 2. The second-order valence-corrected chi connectivity index (χ2v) is 4.00. The van der Waals surface area contributed by atoms with Crippen LogP contribution in [-0.4, -0.2) is 26.8 Å². The molecule has 0 saturated carbocycles. The van der Waals surface area contributed by atoms with E-state index >= 15 is 0 Å². The Morgan fingerprint density at radius 2 is 2.33 bits per heavy atom. The SMILES string of the molecule is CCC(C)C1(CNC)CCOC1. The second kappa shape index (κ2) is 4.24. The van der Waals surface area contributed by atoms with E-state index in [1.165, 1.54) is 12.8 Å². The molecule has 0 aromatic carbocycles. The van der Waals surface area contributed by atoms with Crippen LogP contribution in [-0.2, 0) is 4.74 Å². The smallest absolute Gasteiger partial charge is 0.0538 e. The van der Waals surface area contributed by atoms with E-state index < -0.39 is 0 Å². The Bertz CT molecular complexity index is 130. The quantitative estimate of drug-likeness (QED) is 0.694. The summed E-state index contributed by atoms with van der Waals surface area (Å²) in [6.45, 7) is 7.60. The molecule has 0 bridgehead atoms. The third-order valence-corrected chi connectivity index (χ3v) is 3.32. The lowest BCUT2D eigenvalue weighted by Gasteiger charge is -2.33. The van der Waals surface area contributed by atoms with Crippen LogP contribution in [0.1, 0.15) is 26.7 Å². The molecule has 0 radical (unpaired) electrons. The molecule has 0 aromatic heterocycles. The van der Waals surface area contributed by atoms with Gasteiger partial charge in [-0.25, -0.2) is 0 Å². The molecule has 1 rings (SSSR count). The molecule has 12 heavy (non-hydrogen) atoms. The molecular weight excluding hydrogens is 150 g/mol. The molecule has 1 heterocycles. The van der Waals surface area contributed by atoms with Crippen molar-refractivity contribution in [2.24, 2.45) is 11.3 Å². The summed E-state index contributed by atoms with van der Waals surface area (Å²) < 4.78 is 5.50. The first-order chi connectivity index (χ1) is 5.75. The molecule has 2 atom stereocenters. The van der Waals surface area contributed by atoms with Gasteiger partial charge in [0.2, 0.25) is 0 Å². The highest BCUT2D eigenvalue weighted by molar-refractivity contribution is 4.88. The summed E-state index contributed by atoms with van der Waals surface area (Å²) in [5.41, 5.74) is 0.420. The van der Waals surface area contributed by atoms with Gasteiger partial charge in [-0.3, -0.25) is 0 Å². The van der Waals surface area contributed by atoms with E-state index in [9.17, 15) is 0 Å². The average molecular weight is 171 g/mol. The maximum absolute atomic E-state index is 5.50. The number of rotatable bonds is 4. The summed E-state index contributed by atoms with van der Waals surface area (Å²) in [4.78, 5) is 0. The molecule has 1 saturated heterocycles. The maximum Gasteiger partial charge on any atom is 0.0538 e. The van der Waals surface area contributed by atoms with Gasteiger partial charge < -0.3 is 10.1 Å². The highest BCUT2D eigenvalue weighted by atomic mass is 16.5. The molecule has 0 spiro atoms. The van der Waals surface area contributed by atoms with Gasteiger partial charge in [0, 0.05) is 18.6 Å². The van der Waals surface area contributed by atoms with Crippen LogP contribution in [0.3, 0.4) is 0 Å². The van der Waals surface area contributed by atoms with E-state index in [1.54, 1.807) is 0 Å². The first kappa shape index (κ1) is 10.0. The van der Waals surface area contributed by atoms with E-state index in [4.69, 9.17) is 4.74 Å². The minimum Gasteiger partial charge on any atom is -0.381 e. The molecule has 1 fully saturated rings. The van der Waals surface area contributed by atoms with Crippen molar-refractivity contribution in [3.8, 4) is 0 Å². The van der Waals surface area contributed by atoms with E-state index in [2.05, 4.69) is 19.2 Å². The third-order valence-electron chi connectivity index (χ3n) is 3.32. The van der Waals surface area contributed by atoms with Crippen molar-refractivity contribution in [2.75, 3.05) is 26.8 Å². The van der Waals surface area contributed by atoms with E-state index in [0.29, 0.717) is 5.41 Å². The molecule has 0 amide bonds. The van der Waals surface area contributed by atoms with Crippen LogP contribution in [0.25, 0.3) is 0 Å². The van der Waals surface area contributed by atoms with Gasteiger partial charge in [0.15, 0.2) is 0 Å². The van der Waals surface area contributed by atoms with Crippen LogP contribution in [0.15, 0.2) is 0 Å². The van der Waals surface area contributed by atoms with Crippen molar-refractivity contribution < 1.29 is 4.74 Å². The molecule has 2 nitrogen and oxygen atoms in total. The van der Waals surface area contributed by atoms with Crippen LogP contribution in [0, 0.1) is 11.3 Å². The van der Waals surface area contributed by atoms with E-state index in [-0.39, 0.29) is 0 Å². The standard InChI is InChI=1S/C10H21NO/c1-4-9(2)10(7-11-3)5-6-12-8-10/h9,11H,4-8H2,1-3H3. The molecular formula is C10H21NO. The lowest BCUT2D eigenvalue weighted by Crippen LogP contribution is -2.38. The zero-order valence-electron chi connectivity index (χ0n) is 8.52. The summed E-state index contributed by atoms with van der Waals surface area (Å²) in [7, 11) is 2.03. The number of nitrogens with one attached hydrogen (secondary N) is 1. The Hall–Kier alpha value is -0.0800. The predicted molar refractivity (Wildman–Crippen MR) is 51.3 cm³/mol. The lowest BCUT2D eigenvalue weighted by molar-refractivity contribution is 0.111. The van der Waals surface area contributed by atoms with Crippen LogP contribution in [0.5, 0.6) is 0 Å². The minimum absolute atomic E-state index is 0.420. The van der Waals surface area contributed by atoms with Crippen molar-refractivity contribution in [1.29, 1.82) is 0 Å². The highest BCUT2D eigenvalue weighted by Gasteiger charge is 2.38.